The van der Waals surface area contributed by atoms with Gasteiger partial charge in [0.15, 0.2) is 0 Å². The molecule has 2 unspecified atom stereocenters. The molecule has 1 aliphatic rings. The summed E-state index contributed by atoms with van der Waals surface area (Å²) in [6.07, 6.45) is 1.59. The van der Waals surface area contributed by atoms with Crippen LogP contribution in [-0.4, -0.2) is 41.3 Å². The number of hydrogen-bond donors (Lipinski definition) is 1. The van der Waals surface area contributed by atoms with E-state index < -0.39 is 11.7 Å². The largest absolute Gasteiger partial charge is 0.445 e. The third-order valence-electron chi connectivity index (χ3n) is 4.34. The van der Waals surface area contributed by atoms with Crippen molar-refractivity contribution in [3.63, 3.8) is 0 Å². The van der Waals surface area contributed by atoms with Gasteiger partial charge in [-0.2, -0.15) is 0 Å². The van der Waals surface area contributed by atoms with Crippen molar-refractivity contribution >= 4 is 12.2 Å². The van der Waals surface area contributed by atoms with Crippen LogP contribution in [-0.2, 0) is 16.1 Å². The van der Waals surface area contributed by atoms with Gasteiger partial charge in [-0.05, 0) is 45.6 Å². The van der Waals surface area contributed by atoms with E-state index in [4.69, 9.17) is 9.47 Å². The molecule has 0 spiro atoms. The predicted molar refractivity (Wildman–Crippen MR) is 99.8 cm³/mol. The van der Waals surface area contributed by atoms with Gasteiger partial charge in [-0.25, -0.2) is 9.59 Å². The molecule has 0 aromatic heterocycles. The topological polar surface area (TPSA) is 67.9 Å². The summed E-state index contributed by atoms with van der Waals surface area (Å²) in [4.78, 5) is 26.4. The molecule has 0 saturated carbocycles. The number of nitrogens with one attached hydrogen (secondary N) is 1. The first-order valence-electron chi connectivity index (χ1n) is 9.27. The molecular formula is C20H30N2O4. The number of nitrogens with zero attached hydrogens (tertiary/aromatic N) is 1. The Labute approximate surface area is 155 Å². The smallest absolute Gasteiger partial charge is 0.410 e. The maximum Gasteiger partial charge on any atom is 0.410 e. The van der Waals surface area contributed by atoms with Crippen LogP contribution >= 0.6 is 0 Å². The van der Waals surface area contributed by atoms with E-state index in [1.807, 2.05) is 58.0 Å². The Morgan fingerprint density at radius 2 is 1.92 bits per heavy atom. The second kappa shape index (κ2) is 8.92. The number of hydrogen-bond acceptors (Lipinski definition) is 4. The van der Waals surface area contributed by atoms with E-state index in [2.05, 4.69) is 5.32 Å². The molecule has 0 aliphatic carbocycles. The lowest BCUT2D eigenvalue weighted by molar-refractivity contribution is 0.0341. The number of rotatable bonds is 4. The van der Waals surface area contributed by atoms with Crippen LogP contribution in [0.5, 0.6) is 0 Å². The molecule has 1 heterocycles. The summed E-state index contributed by atoms with van der Waals surface area (Å²) in [5, 5.41) is 2.92. The van der Waals surface area contributed by atoms with Crippen LogP contribution in [0.2, 0.25) is 0 Å². The molecule has 1 saturated heterocycles. The van der Waals surface area contributed by atoms with Gasteiger partial charge < -0.3 is 19.7 Å². The Balaban J connectivity index is 1.95. The van der Waals surface area contributed by atoms with Crippen LogP contribution in [0, 0.1) is 0 Å². The Morgan fingerprint density at radius 3 is 2.54 bits per heavy atom. The normalized spacial score (nSPS) is 20.4. The standard InChI is InChI=1S/C20H30N2O4/c1-5-17-16(21-18(23)26-20(2,3)4)12-9-13-22(17)19(24)25-14-15-10-7-6-8-11-15/h6-8,10-11,16-17H,5,9,12-14H2,1-4H3,(H,21,23). The van der Waals surface area contributed by atoms with Crippen molar-refractivity contribution < 1.29 is 19.1 Å². The minimum absolute atomic E-state index is 0.0976. The number of carbonyl (C=O) groups is 2. The fourth-order valence-electron chi connectivity index (χ4n) is 3.22. The molecule has 6 heteroatoms. The molecule has 1 aliphatic heterocycles. The first-order valence-corrected chi connectivity index (χ1v) is 9.27. The van der Waals surface area contributed by atoms with Crippen LogP contribution < -0.4 is 5.32 Å². The van der Waals surface area contributed by atoms with Crippen molar-refractivity contribution in [1.82, 2.24) is 10.2 Å². The number of carbonyl (C=O) groups excluding carboxylic acids is 2. The summed E-state index contributed by atoms with van der Waals surface area (Å²) in [5.41, 5.74) is 0.406. The summed E-state index contributed by atoms with van der Waals surface area (Å²) >= 11 is 0. The first kappa shape index (κ1) is 20.1. The van der Waals surface area contributed by atoms with E-state index in [-0.39, 0.29) is 24.8 Å². The summed E-state index contributed by atoms with van der Waals surface area (Å²) in [6.45, 7) is 8.39. The van der Waals surface area contributed by atoms with Crippen molar-refractivity contribution in [1.29, 1.82) is 0 Å². The molecule has 1 N–H and O–H groups in total. The lowest BCUT2D eigenvalue weighted by atomic mass is 9.94. The third kappa shape index (κ3) is 5.93. The number of benzene rings is 1. The van der Waals surface area contributed by atoms with Crippen LogP contribution in [0.25, 0.3) is 0 Å². The lowest BCUT2D eigenvalue weighted by Gasteiger charge is -2.40. The maximum atomic E-state index is 12.6. The number of piperidine rings is 1. The van der Waals surface area contributed by atoms with Gasteiger partial charge in [0.25, 0.3) is 0 Å². The van der Waals surface area contributed by atoms with Gasteiger partial charge in [0.05, 0.1) is 12.1 Å². The zero-order chi connectivity index (χ0) is 19.2. The second-order valence-electron chi connectivity index (χ2n) is 7.60. The van der Waals surface area contributed by atoms with Crippen molar-refractivity contribution in [2.24, 2.45) is 0 Å². The third-order valence-corrected chi connectivity index (χ3v) is 4.34. The van der Waals surface area contributed by atoms with E-state index in [9.17, 15) is 9.59 Å². The van der Waals surface area contributed by atoms with Gasteiger partial charge in [-0.15, -0.1) is 0 Å². The zero-order valence-electron chi connectivity index (χ0n) is 16.2. The monoisotopic (exact) mass is 362 g/mol. The van der Waals surface area contributed by atoms with Gasteiger partial charge in [-0.3, -0.25) is 0 Å². The quantitative estimate of drug-likeness (QED) is 0.876. The van der Waals surface area contributed by atoms with Gasteiger partial charge in [0.1, 0.15) is 12.2 Å². The predicted octanol–water partition coefficient (Wildman–Crippen LogP) is 4.09. The number of likely N-dealkylation sites (tertiary alicyclic amines) is 1. The van der Waals surface area contributed by atoms with E-state index in [1.165, 1.54) is 0 Å². The Bertz CT molecular complexity index is 598. The van der Waals surface area contributed by atoms with Crippen LogP contribution in [0.4, 0.5) is 9.59 Å². The fourth-order valence-corrected chi connectivity index (χ4v) is 3.22. The fraction of sp³-hybridized carbons (Fsp3) is 0.600. The Kier molecular flexibility index (Phi) is 6.89. The van der Waals surface area contributed by atoms with Gasteiger partial charge in [0.2, 0.25) is 0 Å². The molecule has 1 aromatic rings. The van der Waals surface area contributed by atoms with E-state index in [1.54, 1.807) is 4.90 Å². The molecule has 2 amide bonds. The zero-order valence-corrected chi connectivity index (χ0v) is 16.2. The SMILES string of the molecule is CCC1C(NC(=O)OC(C)(C)C)CCCN1C(=O)OCc1ccccc1. The molecule has 2 rings (SSSR count). The van der Waals surface area contributed by atoms with Gasteiger partial charge >= 0.3 is 12.2 Å². The maximum absolute atomic E-state index is 12.6. The van der Waals surface area contributed by atoms with Crippen molar-refractivity contribution in [3.8, 4) is 0 Å². The highest BCUT2D eigenvalue weighted by Crippen LogP contribution is 2.22. The molecule has 2 atom stereocenters. The van der Waals surface area contributed by atoms with E-state index in [0.717, 1.165) is 24.8 Å². The average molecular weight is 362 g/mol. The number of amides is 2. The summed E-state index contributed by atoms with van der Waals surface area (Å²) in [5.74, 6) is 0. The average Bonchev–Trinajstić information content (AvgIpc) is 2.58. The van der Waals surface area contributed by atoms with Crippen LogP contribution in [0.3, 0.4) is 0 Å². The molecule has 0 bridgehead atoms. The molecule has 144 valence electrons. The minimum Gasteiger partial charge on any atom is -0.445 e. The second-order valence-corrected chi connectivity index (χ2v) is 7.60. The number of alkyl carbamates (subject to hydrolysis) is 1. The van der Waals surface area contributed by atoms with Crippen molar-refractivity contribution in [2.75, 3.05) is 6.54 Å². The van der Waals surface area contributed by atoms with Gasteiger partial charge in [0, 0.05) is 6.54 Å². The Morgan fingerprint density at radius 1 is 1.23 bits per heavy atom. The molecule has 0 radical (unpaired) electrons. The molecule has 6 nitrogen and oxygen atoms in total. The van der Waals surface area contributed by atoms with Gasteiger partial charge in [-0.1, -0.05) is 37.3 Å². The lowest BCUT2D eigenvalue weighted by Crippen LogP contribution is -2.57. The highest BCUT2D eigenvalue weighted by atomic mass is 16.6. The highest BCUT2D eigenvalue weighted by Gasteiger charge is 2.35. The van der Waals surface area contributed by atoms with Crippen LogP contribution in [0.15, 0.2) is 30.3 Å². The summed E-state index contributed by atoms with van der Waals surface area (Å²) < 4.78 is 10.8. The number of ether oxygens (including phenoxy) is 2. The molecule has 26 heavy (non-hydrogen) atoms. The highest BCUT2D eigenvalue weighted by molar-refractivity contribution is 5.70. The summed E-state index contributed by atoms with van der Waals surface area (Å²) in [7, 11) is 0. The Hall–Kier alpha value is -2.24. The molecule has 1 fully saturated rings. The minimum atomic E-state index is -0.547. The van der Waals surface area contributed by atoms with E-state index >= 15 is 0 Å². The first-order chi connectivity index (χ1) is 12.3. The summed E-state index contributed by atoms with van der Waals surface area (Å²) in [6, 6.07) is 9.38. The van der Waals surface area contributed by atoms with E-state index in [0.29, 0.717) is 6.54 Å². The van der Waals surface area contributed by atoms with Crippen molar-refractivity contribution in [2.45, 2.75) is 71.2 Å². The molecule has 1 aromatic carbocycles. The molecular weight excluding hydrogens is 332 g/mol. The van der Waals surface area contributed by atoms with Crippen molar-refractivity contribution in [3.05, 3.63) is 35.9 Å². The van der Waals surface area contributed by atoms with Crippen LogP contribution in [0.1, 0.15) is 52.5 Å².